The lowest BCUT2D eigenvalue weighted by molar-refractivity contribution is -0.126. The molecule has 1 aliphatic heterocycles. The van der Waals surface area contributed by atoms with E-state index in [1.54, 1.807) is 18.3 Å². The van der Waals surface area contributed by atoms with Gasteiger partial charge in [-0.1, -0.05) is 6.42 Å². The summed E-state index contributed by atoms with van der Waals surface area (Å²) in [6, 6.07) is 5.33. The van der Waals surface area contributed by atoms with Crippen LogP contribution < -0.4 is 10.2 Å². The Labute approximate surface area is 145 Å². The molecule has 1 saturated heterocycles. The zero-order chi connectivity index (χ0) is 17.3. The second-order valence-electron chi connectivity index (χ2n) is 6.76. The Hall–Kier alpha value is -2.57. The number of rotatable bonds is 4. The number of hydrogen-bond acceptors (Lipinski definition) is 5. The zero-order valence-electron chi connectivity index (χ0n) is 13.9. The van der Waals surface area contributed by atoms with Crippen molar-refractivity contribution in [3.05, 3.63) is 42.6 Å². The number of nitrogens with zero attached hydrogens (tertiary/aromatic N) is 4. The van der Waals surface area contributed by atoms with Gasteiger partial charge in [0.05, 0.1) is 18.4 Å². The number of anilines is 2. The standard InChI is InChI=1S/C18H20FN5O/c19-18(17(25)23-14-5-2-7-20-10-14)6-8-24(11-18)16-9-15(21-12-22-16)13-3-1-4-13/h2,5,7,9-10,12-13H,1,3-4,6,8,11H2,(H,23,25). The molecule has 1 aliphatic carbocycles. The molecule has 1 amide bonds. The minimum absolute atomic E-state index is 0.000214. The Kier molecular flexibility index (Phi) is 4.07. The molecule has 0 bridgehead atoms. The van der Waals surface area contributed by atoms with Gasteiger partial charge in [-0.05, 0) is 25.0 Å². The third-order valence-electron chi connectivity index (χ3n) is 5.07. The summed E-state index contributed by atoms with van der Waals surface area (Å²) in [6.45, 7) is 0.457. The van der Waals surface area contributed by atoms with Crippen LogP contribution in [-0.4, -0.2) is 39.6 Å². The van der Waals surface area contributed by atoms with Crippen LogP contribution in [0.4, 0.5) is 15.9 Å². The number of alkyl halides is 1. The van der Waals surface area contributed by atoms with E-state index in [9.17, 15) is 4.79 Å². The van der Waals surface area contributed by atoms with Crippen molar-refractivity contribution in [3.8, 4) is 0 Å². The van der Waals surface area contributed by atoms with E-state index in [2.05, 4.69) is 20.3 Å². The predicted molar refractivity (Wildman–Crippen MR) is 92.2 cm³/mol. The summed E-state index contributed by atoms with van der Waals surface area (Å²) in [5.41, 5.74) is -0.415. The molecule has 1 saturated carbocycles. The van der Waals surface area contributed by atoms with Gasteiger partial charge in [0.1, 0.15) is 12.1 Å². The van der Waals surface area contributed by atoms with Crippen LogP contribution in [-0.2, 0) is 4.79 Å². The molecule has 130 valence electrons. The number of carbonyl (C=O) groups is 1. The van der Waals surface area contributed by atoms with Gasteiger partial charge in [-0.25, -0.2) is 14.4 Å². The average Bonchev–Trinajstić information content (AvgIpc) is 2.98. The van der Waals surface area contributed by atoms with E-state index in [0.29, 0.717) is 24.0 Å². The molecule has 2 fully saturated rings. The lowest BCUT2D eigenvalue weighted by Gasteiger charge is -2.26. The summed E-state index contributed by atoms with van der Waals surface area (Å²) >= 11 is 0. The average molecular weight is 341 g/mol. The monoisotopic (exact) mass is 341 g/mol. The zero-order valence-corrected chi connectivity index (χ0v) is 13.9. The Morgan fingerprint density at radius 2 is 2.24 bits per heavy atom. The molecule has 4 rings (SSSR count). The molecule has 2 aliphatic rings. The summed E-state index contributed by atoms with van der Waals surface area (Å²) in [7, 11) is 0. The first kappa shape index (κ1) is 15.9. The van der Waals surface area contributed by atoms with Gasteiger partial charge in [-0.15, -0.1) is 0 Å². The van der Waals surface area contributed by atoms with E-state index in [1.807, 2.05) is 11.0 Å². The quantitative estimate of drug-likeness (QED) is 0.926. The first-order valence-electron chi connectivity index (χ1n) is 8.61. The molecule has 0 radical (unpaired) electrons. The molecule has 0 aromatic carbocycles. The maximum absolute atomic E-state index is 15.1. The molecule has 0 spiro atoms. The van der Waals surface area contributed by atoms with Gasteiger partial charge in [-0.3, -0.25) is 9.78 Å². The van der Waals surface area contributed by atoms with Crippen molar-refractivity contribution in [1.29, 1.82) is 0 Å². The van der Waals surface area contributed by atoms with Gasteiger partial charge in [0.15, 0.2) is 0 Å². The number of nitrogens with one attached hydrogen (secondary N) is 1. The highest BCUT2D eigenvalue weighted by Crippen LogP contribution is 2.37. The number of aromatic nitrogens is 3. The number of halogens is 1. The maximum Gasteiger partial charge on any atom is 0.264 e. The molecule has 1 N–H and O–H groups in total. The fourth-order valence-corrected chi connectivity index (χ4v) is 3.30. The van der Waals surface area contributed by atoms with Gasteiger partial charge in [0.2, 0.25) is 5.67 Å². The Morgan fingerprint density at radius 3 is 2.96 bits per heavy atom. The van der Waals surface area contributed by atoms with Crippen molar-refractivity contribution in [2.75, 3.05) is 23.3 Å². The van der Waals surface area contributed by atoms with Gasteiger partial charge in [-0.2, -0.15) is 0 Å². The Morgan fingerprint density at radius 1 is 1.36 bits per heavy atom. The van der Waals surface area contributed by atoms with E-state index in [0.717, 1.165) is 18.5 Å². The maximum atomic E-state index is 15.1. The molecule has 1 atom stereocenters. The van der Waals surface area contributed by atoms with Crippen LogP contribution in [0.3, 0.4) is 0 Å². The van der Waals surface area contributed by atoms with Gasteiger partial charge < -0.3 is 10.2 Å². The van der Waals surface area contributed by atoms with E-state index in [4.69, 9.17) is 0 Å². The van der Waals surface area contributed by atoms with Crippen molar-refractivity contribution in [3.63, 3.8) is 0 Å². The lowest BCUT2D eigenvalue weighted by atomic mass is 9.83. The highest BCUT2D eigenvalue weighted by Gasteiger charge is 2.45. The van der Waals surface area contributed by atoms with Crippen molar-refractivity contribution < 1.29 is 9.18 Å². The number of carbonyl (C=O) groups excluding carboxylic acids is 1. The molecule has 1 unspecified atom stereocenters. The van der Waals surface area contributed by atoms with Gasteiger partial charge in [0.25, 0.3) is 5.91 Å². The Balaban J connectivity index is 1.45. The molecule has 2 aromatic rings. The molecule has 6 nitrogen and oxygen atoms in total. The highest BCUT2D eigenvalue weighted by molar-refractivity contribution is 5.98. The van der Waals surface area contributed by atoms with Gasteiger partial charge in [0, 0.05) is 36.8 Å². The van der Waals surface area contributed by atoms with Crippen molar-refractivity contribution in [2.45, 2.75) is 37.3 Å². The lowest BCUT2D eigenvalue weighted by Crippen LogP contribution is -2.41. The predicted octanol–water partition coefficient (Wildman–Crippen LogP) is 2.70. The van der Waals surface area contributed by atoms with E-state index < -0.39 is 11.6 Å². The summed E-state index contributed by atoms with van der Waals surface area (Å²) in [4.78, 5) is 26.7. The molecule has 2 aromatic heterocycles. The van der Waals surface area contributed by atoms with E-state index in [-0.39, 0.29) is 13.0 Å². The molecular weight excluding hydrogens is 321 g/mol. The smallest absolute Gasteiger partial charge is 0.264 e. The largest absolute Gasteiger partial charge is 0.353 e. The first-order chi connectivity index (χ1) is 12.1. The van der Waals surface area contributed by atoms with Crippen LogP contribution in [0.25, 0.3) is 0 Å². The number of pyridine rings is 1. The SMILES string of the molecule is O=C(Nc1cccnc1)C1(F)CCN(c2cc(C3CCC3)ncn2)C1. The summed E-state index contributed by atoms with van der Waals surface area (Å²) in [5.74, 6) is 0.565. The van der Waals surface area contributed by atoms with E-state index >= 15 is 4.39 Å². The third-order valence-corrected chi connectivity index (χ3v) is 5.07. The first-order valence-corrected chi connectivity index (χ1v) is 8.61. The summed E-state index contributed by atoms with van der Waals surface area (Å²) < 4.78 is 15.1. The van der Waals surface area contributed by atoms with Gasteiger partial charge >= 0.3 is 0 Å². The third kappa shape index (κ3) is 3.18. The fraction of sp³-hybridized carbons (Fsp3) is 0.444. The molecule has 3 heterocycles. The van der Waals surface area contributed by atoms with Crippen molar-refractivity contribution in [2.24, 2.45) is 0 Å². The summed E-state index contributed by atoms with van der Waals surface area (Å²) in [5, 5.41) is 2.61. The van der Waals surface area contributed by atoms with Crippen LogP contribution >= 0.6 is 0 Å². The second-order valence-corrected chi connectivity index (χ2v) is 6.76. The van der Waals surface area contributed by atoms with E-state index in [1.165, 1.54) is 18.9 Å². The van der Waals surface area contributed by atoms with Crippen LogP contribution in [0.5, 0.6) is 0 Å². The van der Waals surface area contributed by atoms with Crippen LogP contribution in [0.15, 0.2) is 36.9 Å². The van der Waals surface area contributed by atoms with Crippen LogP contribution in [0.2, 0.25) is 0 Å². The minimum Gasteiger partial charge on any atom is -0.353 e. The fourth-order valence-electron chi connectivity index (χ4n) is 3.30. The van der Waals surface area contributed by atoms with Crippen LogP contribution in [0, 0.1) is 0 Å². The minimum atomic E-state index is -1.93. The van der Waals surface area contributed by atoms with Crippen molar-refractivity contribution >= 4 is 17.4 Å². The number of hydrogen-bond donors (Lipinski definition) is 1. The Bertz CT molecular complexity index is 767. The molecule has 25 heavy (non-hydrogen) atoms. The van der Waals surface area contributed by atoms with Crippen molar-refractivity contribution in [1.82, 2.24) is 15.0 Å². The molecule has 7 heteroatoms. The molecular formula is C18H20FN5O. The second kappa shape index (κ2) is 6.38. The van der Waals surface area contributed by atoms with Crippen LogP contribution in [0.1, 0.15) is 37.3 Å². The topological polar surface area (TPSA) is 71.0 Å². The summed E-state index contributed by atoms with van der Waals surface area (Å²) in [6.07, 6.45) is 8.32. The number of amides is 1. The highest BCUT2D eigenvalue weighted by atomic mass is 19.1. The normalized spacial score (nSPS) is 23.3.